The van der Waals surface area contributed by atoms with Gasteiger partial charge in [-0.05, 0) is 47.9 Å². The van der Waals surface area contributed by atoms with Crippen molar-refractivity contribution >= 4 is 18.0 Å². The molecule has 0 saturated carbocycles. The molecule has 0 spiro atoms. The number of benzene rings is 2. The van der Waals surface area contributed by atoms with Crippen molar-refractivity contribution in [3.8, 4) is 11.1 Å². The Labute approximate surface area is 205 Å². The van der Waals surface area contributed by atoms with Crippen molar-refractivity contribution in [2.45, 2.75) is 69.5 Å². The highest BCUT2D eigenvalue weighted by Gasteiger charge is 2.52. The van der Waals surface area contributed by atoms with Crippen LogP contribution in [0.2, 0.25) is 0 Å². The molecule has 2 heterocycles. The van der Waals surface area contributed by atoms with Gasteiger partial charge in [-0.15, -0.1) is 0 Å². The molecule has 0 radical (unpaired) electrons. The summed E-state index contributed by atoms with van der Waals surface area (Å²) in [6.45, 7) is 2.22. The van der Waals surface area contributed by atoms with Crippen molar-refractivity contribution < 1.29 is 24.2 Å². The lowest BCUT2D eigenvalue weighted by molar-refractivity contribution is -0.143. The van der Waals surface area contributed by atoms with Gasteiger partial charge in [0.05, 0.1) is 5.92 Å². The fourth-order valence-electron chi connectivity index (χ4n) is 6.23. The highest BCUT2D eigenvalue weighted by atomic mass is 16.5. The predicted molar refractivity (Wildman–Crippen MR) is 131 cm³/mol. The van der Waals surface area contributed by atoms with Gasteiger partial charge >= 0.3 is 12.1 Å². The van der Waals surface area contributed by atoms with Crippen LogP contribution in [0.1, 0.15) is 62.5 Å². The number of carbonyl (C=O) groups is 3. The van der Waals surface area contributed by atoms with Crippen LogP contribution in [0.3, 0.4) is 0 Å². The van der Waals surface area contributed by atoms with Gasteiger partial charge in [0.25, 0.3) is 0 Å². The molecule has 7 nitrogen and oxygen atoms in total. The van der Waals surface area contributed by atoms with E-state index in [-0.39, 0.29) is 30.5 Å². The van der Waals surface area contributed by atoms with Crippen LogP contribution in [0.15, 0.2) is 48.5 Å². The lowest BCUT2D eigenvalue weighted by Crippen LogP contribution is -2.51. The van der Waals surface area contributed by atoms with Gasteiger partial charge in [0.15, 0.2) is 0 Å². The van der Waals surface area contributed by atoms with E-state index in [4.69, 9.17) is 4.74 Å². The SMILES string of the molecule is CCCCC(NC(=O)OCC1c2ccccc2-c2ccccc21)C(=O)N1C2CCC1C(C(=O)O)C2. The Kier molecular flexibility index (Phi) is 6.50. The topological polar surface area (TPSA) is 95.9 Å². The van der Waals surface area contributed by atoms with Crippen LogP contribution in [-0.4, -0.2) is 52.7 Å². The van der Waals surface area contributed by atoms with E-state index in [0.29, 0.717) is 19.3 Å². The zero-order chi connectivity index (χ0) is 24.5. The number of unbranched alkanes of at least 4 members (excludes halogenated alkanes) is 1. The van der Waals surface area contributed by atoms with Gasteiger partial charge in [-0.1, -0.05) is 68.3 Å². The van der Waals surface area contributed by atoms with Crippen LogP contribution in [0.5, 0.6) is 0 Å². The Morgan fingerprint density at radius 3 is 2.31 bits per heavy atom. The zero-order valence-electron chi connectivity index (χ0n) is 20.0. The minimum Gasteiger partial charge on any atom is -0.481 e. The highest BCUT2D eigenvalue weighted by Crippen LogP contribution is 2.45. The summed E-state index contributed by atoms with van der Waals surface area (Å²) in [6, 6.07) is 15.3. The first-order valence-electron chi connectivity index (χ1n) is 12.7. The van der Waals surface area contributed by atoms with Gasteiger partial charge in [-0.2, -0.15) is 0 Å². The van der Waals surface area contributed by atoms with Crippen LogP contribution in [0.4, 0.5) is 4.79 Å². The number of aliphatic carboxylic acids is 1. The quantitative estimate of drug-likeness (QED) is 0.583. The number of amides is 2. The van der Waals surface area contributed by atoms with Crippen LogP contribution < -0.4 is 5.32 Å². The number of hydrogen-bond donors (Lipinski definition) is 2. The maximum Gasteiger partial charge on any atom is 0.407 e. The Hall–Kier alpha value is -3.35. The summed E-state index contributed by atoms with van der Waals surface area (Å²) in [5.41, 5.74) is 4.58. The molecular weight excluding hydrogens is 444 g/mol. The Balaban J connectivity index is 1.26. The van der Waals surface area contributed by atoms with E-state index in [2.05, 4.69) is 29.6 Å². The molecule has 184 valence electrons. The Morgan fingerprint density at radius 2 is 1.71 bits per heavy atom. The minimum atomic E-state index is -0.843. The normalized spacial score (nSPS) is 23.0. The average Bonchev–Trinajstić information content (AvgIpc) is 3.54. The molecular formula is C28H32N2O5. The van der Waals surface area contributed by atoms with E-state index >= 15 is 0 Å². The number of alkyl carbamates (subject to hydrolysis) is 1. The molecule has 3 aliphatic rings. The molecule has 2 aromatic rings. The molecule has 2 aliphatic heterocycles. The van der Waals surface area contributed by atoms with Crippen molar-refractivity contribution in [3.63, 3.8) is 0 Å². The first kappa shape index (κ1) is 23.4. The lowest BCUT2D eigenvalue weighted by Gasteiger charge is -2.28. The third-order valence-electron chi connectivity index (χ3n) is 7.89. The number of carboxylic acids is 1. The summed E-state index contributed by atoms with van der Waals surface area (Å²) in [5, 5.41) is 12.4. The van der Waals surface area contributed by atoms with Gasteiger partial charge in [0, 0.05) is 18.0 Å². The maximum absolute atomic E-state index is 13.5. The molecule has 7 heteroatoms. The summed E-state index contributed by atoms with van der Waals surface area (Å²) in [5.74, 6) is -1.59. The van der Waals surface area contributed by atoms with Crippen LogP contribution >= 0.6 is 0 Å². The number of carbonyl (C=O) groups excluding carboxylic acids is 2. The molecule has 2 aromatic carbocycles. The van der Waals surface area contributed by atoms with Crippen LogP contribution in [-0.2, 0) is 14.3 Å². The number of hydrogen-bond acceptors (Lipinski definition) is 4. The number of fused-ring (bicyclic) bond motifs is 5. The Bertz CT molecular complexity index is 1090. The second-order valence-electron chi connectivity index (χ2n) is 9.89. The standard InChI is InChI=1S/C28H32N2O5/c1-2-3-12-24(26(31)30-17-13-14-25(30)22(15-17)27(32)33)29-28(34)35-16-23-20-10-6-4-8-18(20)19-9-5-7-11-21(19)23/h4-11,17,22-25H,2-3,12-16H2,1H3,(H,29,34)(H,32,33). The molecule has 2 saturated heterocycles. The number of ether oxygens (including phenoxy) is 1. The number of nitrogens with one attached hydrogen (secondary N) is 1. The van der Waals surface area contributed by atoms with E-state index in [1.54, 1.807) is 4.90 Å². The molecule has 2 fully saturated rings. The molecule has 5 rings (SSSR count). The smallest absolute Gasteiger partial charge is 0.407 e. The second-order valence-corrected chi connectivity index (χ2v) is 9.89. The summed E-state index contributed by atoms with van der Waals surface area (Å²) in [4.78, 5) is 39.7. The summed E-state index contributed by atoms with van der Waals surface area (Å²) < 4.78 is 5.68. The van der Waals surface area contributed by atoms with Crippen molar-refractivity contribution in [3.05, 3.63) is 59.7 Å². The van der Waals surface area contributed by atoms with E-state index in [1.165, 1.54) is 0 Å². The van der Waals surface area contributed by atoms with Crippen molar-refractivity contribution in [1.29, 1.82) is 0 Å². The van der Waals surface area contributed by atoms with E-state index < -0.39 is 24.0 Å². The average molecular weight is 477 g/mol. The minimum absolute atomic E-state index is 0.0521. The predicted octanol–water partition coefficient (Wildman–Crippen LogP) is 4.55. The van der Waals surface area contributed by atoms with Crippen molar-refractivity contribution in [2.24, 2.45) is 5.92 Å². The van der Waals surface area contributed by atoms with E-state index in [9.17, 15) is 19.5 Å². The molecule has 4 unspecified atom stereocenters. The monoisotopic (exact) mass is 476 g/mol. The van der Waals surface area contributed by atoms with Crippen LogP contribution in [0.25, 0.3) is 11.1 Å². The molecule has 2 amide bonds. The molecule has 4 atom stereocenters. The third-order valence-corrected chi connectivity index (χ3v) is 7.89. The van der Waals surface area contributed by atoms with Gasteiger partial charge in [0.2, 0.25) is 5.91 Å². The van der Waals surface area contributed by atoms with Gasteiger partial charge in [0.1, 0.15) is 12.6 Å². The summed E-state index contributed by atoms with van der Waals surface area (Å²) >= 11 is 0. The lowest BCUT2D eigenvalue weighted by atomic mass is 9.89. The number of carboxylic acid groups (broad SMARTS) is 1. The van der Waals surface area contributed by atoms with Gasteiger partial charge in [-0.25, -0.2) is 4.79 Å². The molecule has 0 aromatic heterocycles. The number of rotatable bonds is 8. The first-order chi connectivity index (χ1) is 17.0. The molecule has 1 aliphatic carbocycles. The van der Waals surface area contributed by atoms with E-state index in [1.807, 2.05) is 31.2 Å². The fourth-order valence-corrected chi connectivity index (χ4v) is 6.23. The molecule has 35 heavy (non-hydrogen) atoms. The largest absolute Gasteiger partial charge is 0.481 e. The molecule has 2 N–H and O–H groups in total. The van der Waals surface area contributed by atoms with E-state index in [0.717, 1.165) is 41.5 Å². The number of nitrogens with zero attached hydrogens (tertiary/aromatic N) is 1. The second kappa shape index (κ2) is 9.72. The summed E-state index contributed by atoms with van der Waals surface area (Å²) in [7, 11) is 0. The van der Waals surface area contributed by atoms with Gasteiger partial charge in [-0.3, -0.25) is 9.59 Å². The fraction of sp³-hybridized carbons (Fsp3) is 0.464. The van der Waals surface area contributed by atoms with Crippen LogP contribution in [0, 0.1) is 5.92 Å². The first-order valence-corrected chi connectivity index (χ1v) is 12.7. The Morgan fingerprint density at radius 1 is 1.06 bits per heavy atom. The van der Waals surface area contributed by atoms with Crippen molar-refractivity contribution in [1.82, 2.24) is 10.2 Å². The summed E-state index contributed by atoms with van der Waals surface area (Å²) in [6.07, 6.45) is 3.60. The third kappa shape index (κ3) is 4.28. The van der Waals surface area contributed by atoms with Gasteiger partial charge < -0.3 is 20.1 Å². The zero-order valence-corrected chi connectivity index (χ0v) is 20.0. The highest BCUT2D eigenvalue weighted by molar-refractivity contribution is 5.88. The van der Waals surface area contributed by atoms with Crippen molar-refractivity contribution in [2.75, 3.05) is 6.61 Å². The maximum atomic E-state index is 13.5. The molecule has 2 bridgehead atoms.